The number of nitrogens with zero attached hydrogens (tertiary/aromatic N) is 10. The zero-order valence-electron chi connectivity index (χ0n) is 45.8. The van der Waals surface area contributed by atoms with Gasteiger partial charge >= 0.3 is 6.01 Å². The average Bonchev–Trinajstić information content (AvgIpc) is 4.25. The summed E-state index contributed by atoms with van der Waals surface area (Å²) in [5.74, 6) is 0.888. The summed E-state index contributed by atoms with van der Waals surface area (Å²) < 4.78 is 44.9. The fourth-order valence-electron chi connectivity index (χ4n) is 11.4. The van der Waals surface area contributed by atoms with Crippen LogP contribution in [0.15, 0.2) is 55.1 Å². The van der Waals surface area contributed by atoms with Crippen LogP contribution in [-0.2, 0) is 25.7 Å². The Labute approximate surface area is 468 Å². The summed E-state index contributed by atoms with van der Waals surface area (Å²) in [6.45, 7) is 14.4. The number of hydrogen-bond donors (Lipinski definition) is 3. The van der Waals surface area contributed by atoms with E-state index in [9.17, 15) is 24.3 Å². The summed E-state index contributed by atoms with van der Waals surface area (Å²) in [6.07, 6.45) is 12.4. The molecule has 20 nitrogen and oxygen atoms in total. The van der Waals surface area contributed by atoms with Gasteiger partial charge in [0, 0.05) is 133 Å². The van der Waals surface area contributed by atoms with Gasteiger partial charge < -0.3 is 59.2 Å². The maximum atomic E-state index is 17.4. The molecule has 4 fully saturated rings. The number of carbonyl (C=O) groups is 5. The van der Waals surface area contributed by atoms with Crippen LogP contribution in [-0.4, -0.2) is 181 Å². The normalized spacial score (nSPS) is 17.3. The van der Waals surface area contributed by atoms with E-state index in [0.29, 0.717) is 62.0 Å². The number of phenols is 1. The summed E-state index contributed by atoms with van der Waals surface area (Å²) in [5, 5.41) is 28.4. The molecule has 3 N–H and O–H groups in total. The van der Waals surface area contributed by atoms with Gasteiger partial charge in [-0.1, -0.05) is 18.6 Å². The number of aromatic hydroxyl groups is 1. The Morgan fingerprint density at radius 1 is 0.951 bits per heavy atom. The van der Waals surface area contributed by atoms with Crippen LogP contribution in [0.3, 0.4) is 0 Å². The van der Waals surface area contributed by atoms with Crippen molar-refractivity contribution in [1.29, 1.82) is 5.26 Å². The first-order valence-electron chi connectivity index (χ1n) is 27.0. The van der Waals surface area contributed by atoms with Gasteiger partial charge in [0.1, 0.15) is 46.3 Å². The molecule has 3 amide bonds. The molecule has 0 spiro atoms. The number of benzene rings is 3. The third kappa shape index (κ3) is 12.9. The molecule has 1 aliphatic carbocycles. The smallest absolute Gasteiger partial charge is 0.319 e. The number of aromatic nitrogens is 3. The molecule has 1 saturated carbocycles. The largest absolute Gasteiger partial charge is 0.508 e. The summed E-state index contributed by atoms with van der Waals surface area (Å²) in [7, 11) is 2.94. The number of ether oxygens (including phenoxy) is 2. The van der Waals surface area contributed by atoms with Gasteiger partial charge in [-0.15, -0.1) is 6.42 Å². The van der Waals surface area contributed by atoms with E-state index in [0.717, 1.165) is 95.6 Å². The lowest BCUT2D eigenvalue weighted by Crippen LogP contribution is -2.50. The van der Waals surface area contributed by atoms with Gasteiger partial charge in [0.05, 0.1) is 25.3 Å². The van der Waals surface area contributed by atoms with Gasteiger partial charge in [0.15, 0.2) is 5.82 Å². The highest BCUT2D eigenvalue weighted by Crippen LogP contribution is 2.47. The predicted octanol–water partition coefficient (Wildman–Crippen LogP) is 5.63. The number of carboxylic acid groups (broad SMARTS) is 1. The number of methoxy groups -OCH3 is 1. The van der Waals surface area contributed by atoms with E-state index in [1.807, 2.05) is 17.0 Å². The number of hydrogen-bond acceptors (Lipinski definition) is 16. The first-order valence-corrected chi connectivity index (χ1v) is 27.0. The van der Waals surface area contributed by atoms with Crippen molar-refractivity contribution in [3.05, 3.63) is 83.4 Å². The van der Waals surface area contributed by atoms with Gasteiger partial charge in [-0.3, -0.25) is 19.2 Å². The van der Waals surface area contributed by atoms with Crippen molar-refractivity contribution in [3.63, 3.8) is 0 Å². The topological polar surface area (TPSA) is 238 Å². The molecule has 426 valence electrons. The molecule has 0 radical (unpaired) electrons. The number of carbonyl (C=O) groups excluding carboxylic acids is 4. The van der Waals surface area contributed by atoms with Crippen LogP contribution >= 0.6 is 0 Å². The Morgan fingerprint density at radius 3 is 2.27 bits per heavy atom. The van der Waals surface area contributed by atoms with Crippen molar-refractivity contribution >= 4 is 63.7 Å². The molecule has 1 unspecified atom stereocenters. The third-order valence-corrected chi connectivity index (χ3v) is 15.8. The minimum atomic E-state index is -0.864. The zero-order valence-corrected chi connectivity index (χ0v) is 45.8. The number of rotatable bonds is 17. The molecule has 5 aromatic rings. The number of pyridine rings is 1. The standard InChI is InChI=1S/C56H62F2N10O7.C2H3N.CH2O2/c1-5-40-43(57)12-9-36-29-39(70)30-42(46(36)40)49-48(58)50-47(53(60-49)74-4)51(67-25-23-66(24-26-67)45(71)6-2)62-55(61-50)75-34-56(15-16-56)33-64-21-19-63(20-22-64)31-35-13-17-65(18-14-35)38-10-11-41-37(28-38)32-68(54(41)73)44(8-7-27-69)52(72)59-3;1-2-3;2-1-3/h1,6,9-12,27-30,35,44,70H,2,7-8,13-26,31-34H2,3-4H3,(H,59,72);1H3;1H,(H,2,3). The second kappa shape index (κ2) is 26.2. The molecule has 2 aromatic heterocycles. The molecule has 4 aliphatic heterocycles. The number of nitrogens with one attached hydrogen (secondary N) is 1. The van der Waals surface area contributed by atoms with E-state index in [4.69, 9.17) is 36.0 Å². The summed E-state index contributed by atoms with van der Waals surface area (Å²) in [6, 6.07) is 12.4. The van der Waals surface area contributed by atoms with Crippen LogP contribution in [0, 0.1) is 46.6 Å². The SMILES string of the molecule is C#Cc1c(F)ccc2cc(O)cc(-c3nc(OC)c4c(N5CCN(C(=O)C=C)CC5)nc(OCC5(CN6CCN(CC7CCN(c8ccc9c(c8)CN(C(CCC=O)C(=O)NC)C9=O)CC7)CC6)CC5)nc4c3F)c12.CC#N.O=CO. The number of amides is 3. The highest BCUT2D eigenvalue weighted by molar-refractivity contribution is 6.04. The highest BCUT2D eigenvalue weighted by Gasteiger charge is 2.46. The van der Waals surface area contributed by atoms with Crippen molar-refractivity contribution < 1.29 is 52.4 Å². The number of phenolic OH excluding ortho intramolecular Hbond substituents is 1. The van der Waals surface area contributed by atoms with E-state index in [1.54, 1.807) is 22.9 Å². The third-order valence-electron chi connectivity index (χ3n) is 15.8. The number of nitriles is 1. The summed E-state index contributed by atoms with van der Waals surface area (Å²) in [4.78, 5) is 84.8. The molecule has 3 saturated heterocycles. The predicted molar refractivity (Wildman–Crippen MR) is 300 cm³/mol. The summed E-state index contributed by atoms with van der Waals surface area (Å²) in [5.41, 5.74) is 2.02. The summed E-state index contributed by atoms with van der Waals surface area (Å²) >= 11 is 0. The molecule has 5 aliphatic rings. The molecule has 3 aromatic carbocycles. The number of piperazine rings is 2. The Morgan fingerprint density at radius 2 is 1.64 bits per heavy atom. The van der Waals surface area contributed by atoms with E-state index in [2.05, 4.69) is 48.6 Å². The number of piperidine rings is 1. The minimum absolute atomic E-state index is 0.00241. The fraction of sp³-hybridized carbons (Fsp3) is 0.441. The first kappa shape index (κ1) is 58.7. The monoisotopic (exact) mass is 1110 g/mol. The fourth-order valence-corrected chi connectivity index (χ4v) is 11.4. The molecule has 22 heteroatoms. The number of halogens is 2. The maximum Gasteiger partial charge on any atom is 0.319 e. The lowest BCUT2D eigenvalue weighted by molar-refractivity contribution is -0.126. The molecule has 10 rings (SSSR count). The quantitative estimate of drug-likeness (QED) is 0.0581. The molecular formula is C59H67F2N11O9. The highest BCUT2D eigenvalue weighted by atomic mass is 19.1. The molecular weight excluding hydrogens is 1040 g/mol. The lowest BCUT2D eigenvalue weighted by atomic mass is 9.95. The number of anilines is 2. The molecule has 0 bridgehead atoms. The molecule has 1 atom stereocenters. The van der Waals surface area contributed by atoms with Crippen molar-refractivity contribution in [2.45, 2.75) is 58.0 Å². The Bertz CT molecular complexity index is 3270. The zero-order chi connectivity index (χ0) is 58.0. The number of aldehydes is 1. The maximum absolute atomic E-state index is 17.4. The van der Waals surface area contributed by atoms with Gasteiger partial charge in [0.2, 0.25) is 17.7 Å². The van der Waals surface area contributed by atoms with Gasteiger partial charge in [0.25, 0.3) is 12.4 Å². The second-order valence-corrected chi connectivity index (χ2v) is 20.8. The molecule has 81 heavy (non-hydrogen) atoms. The first-order chi connectivity index (χ1) is 39.2. The van der Waals surface area contributed by atoms with Crippen LogP contribution in [0.2, 0.25) is 0 Å². The van der Waals surface area contributed by atoms with Crippen molar-refractivity contribution in [3.8, 4) is 47.3 Å². The average molecular weight is 1110 g/mol. The van der Waals surface area contributed by atoms with E-state index in [1.165, 1.54) is 44.4 Å². The number of fused-ring (bicyclic) bond motifs is 3. The van der Waals surface area contributed by atoms with E-state index in [-0.39, 0.29) is 93.2 Å². The van der Waals surface area contributed by atoms with Crippen molar-refractivity contribution in [1.82, 2.24) is 39.9 Å². The molecule has 6 heterocycles. The Kier molecular flexibility index (Phi) is 19.0. The number of terminal acetylenes is 1. The lowest BCUT2D eigenvalue weighted by Gasteiger charge is -2.40. The van der Waals surface area contributed by atoms with Crippen LogP contribution in [0.1, 0.15) is 66.9 Å². The Hall–Kier alpha value is -8.47. The van der Waals surface area contributed by atoms with Crippen LogP contribution in [0.25, 0.3) is 32.9 Å². The number of likely N-dealkylation sites (N-methyl/N-ethyl adjacent to an activating group) is 1. The second-order valence-electron chi connectivity index (χ2n) is 20.8. The Balaban J connectivity index is 0.00000137. The van der Waals surface area contributed by atoms with Crippen LogP contribution in [0.5, 0.6) is 17.6 Å². The van der Waals surface area contributed by atoms with Crippen LogP contribution in [0.4, 0.5) is 20.3 Å². The van der Waals surface area contributed by atoms with Crippen molar-refractivity contribution in [2.24, 2.45) is 11.3 Å². The van der Waals surface area contributed by atoms with Crippen molar-refractivity contribution in [2.75, 3.05) is 109 Å². The van der Waals surface area contributed by atoms with Gasteiger partial charge in [-0.2, -0.15) is 15.2 Å². The minimum Gasteiger partial charge on any atom is -0.508 e. The van der Waals surface area contributed by atoms with Gasteiger partial charge in [-0.25, -0.2) is 13.8 Å². The van der Waals surface area contributed by atoms with E-state index < -0.39 is 17.7 Å². The van der Waals surface area contributed by atoms with Crippen LogP contribution < -0.4 is 24.6 Å². The van der Waals surface area contributed by atoms with Gasteiger partial charge in [-0.05, 0) is 91.4 Å². The van der Waals surface area contributed by atoms with E-state index >= 15 is 8.78 Å².